The van der Waals surface area contributed by atoms with Crippen LogP contribution in [0.3, 0.4) is 0 Å². The average molecular weight is 282 g/mol. The Morgan fingerprint density at radius 2 is 1.85 bits per heavy atom. The molecule has 0 aromatic heterocycles. The van der Waals surface area contributed by atoms with Crippen molar-refractivity contribution in [2.75, 3.05) is 0 Å². The zero-order valence-corrected chi connectivity index (χ0v) is 13.9. The van der Waals surface area contributed by atoms with Crippen molar-refractivity contribution in [2.45, 2.75) is 91.5 Å². The molecule has 0 N–H and O–H groups in total. The van der Waals surface area contributed by atoms with Gasteiger partial charge in [0.2, 0.25) is 0 Å². The van der Waals surface area contributed by atoms with E-state index in [9.17, 15) is 4.79 Å². The van der Waals surface area contributed by atoms with Crippen LogP contribution in [-0.4, -0.2) is 23.8 Å². The van der Waals surface area contributed by atoms with Crippen molar-refractivity contribution in [1.29, 1.82) is 0 Å². The summed E-state index contributed by atoms with van der Waals surface area (Å²) in [5.41, 5.74) is -0.904. The summed E-state index contributed by atoms with van der Waals surface area (Å²) in [7, 11) is 0. The van der Waals surface area contributed by atoms with E-state index in [2.05, 4.69) is 20.8 Å². The third-order valence-corrected chi connectivity index (χ3v) is 5.90. The minimum Gasteiger partial charge on any atom is -0.455 e. The SMILES string of the molecule is CCC(C)(C)C(=O)OC1(C(C)(C)CC)CC2CCC1O2. The van der Waals surface area contributed by atoms with Crippen molar-refractivity contribution in [1.82, 2.24) is 0 Å². The van der Waals surface area contributed by atoms with Gasteiger partial charge in [0, 0.05) is 11.8 Å². The van der Waals surface area contributed by atoms with Gasteiger partial charge in [-0.15, -0.1) is 0 Å². The first-order valence-corrected chi connectivity index (χ1v) is 8.07. The molecule has 0 saturated carbocycles. The second kappa shape index (κ2) is 5.01. The molecule has 2 fully saturated rings. The number of hydrogen-bond acceptors (Lipinski definition) is 3. The van der Waals surface area contributed by atoms with E-state index in [4.69, 9.17) is 9.47 Å². The van der Waals surface area contributed by atoms with Gasteiger partial charge in [-0.2, -0.15) is 0 Å². The molecule has 3 atom stereocenters. The molecule has 0 aliphatic carbocycles. The lowest BCUT2D eigenvalue weighted by atomic mass is 9.65. The first-order valence-electron chi connectivity index (χ1n) is 8.07. The van der Waals surface area contributed by atoms with E-state index < -0.39 is 11.0 Å². The number of ether oxygens (including phenoxy) is 2. The summed E-state index contributed by atoms with van der Waals surface area (Å²) in [4.78, 5) is 12.6. The van der Waals surface area contributed by atoms with Crippen LogP contribution in [0, 0.1) is 10.8 Å². The summed E-state index contributed by atoms with van der Waals surface area (Å²) in [5.74, 6) is -0.0716. The summed E-state index contributed by atoms with van der Waals surface area (Å²) in [5, 5.41) is 0. The van der Waals surface area contributed by atoms with Crippen LogP contribution in [0.25, 0.3) is 0 Å². The van der Waals surface area contributed by atoms with E-state index in [0.717, 1.165) is 32.1 Å². The maximum atomic E-state index is 12.6. The van der Waals surface area contributed by atoms with Gasteiger partial charge in [0.25, 0.3) is 0 Å². The Hall–Kier alpha value is -0.570. The van der Waals surface area contributed by atoms with Gasteiger partial charge >= 0.3 is 5.97 Å². The minimum atomic E-state index is -0.436. The molecule has 3 nitrogen and oxygen atoms in total. The molecule has 116 valence electrons. The van der Waals surface area contributed by atoms with Gasteiger partial charge in [-0.3, -0.25) is 4.79 Å². The van der Waals surface area contributed by atoms with Crippen molar-refractivity contribution in [3.05, 3.63) is 0 Å². The Balaban J connectivity index is 2.28. The summed E-state index contributed by atoms with van der Waals surface area (Å²) in [6, 6.07) is 0. The number of carbonyl (C=O) groups excluding carboxylic acids is 1. The highest BCUT2D eigenvalue weighted by Gasteiger charge is 2.62. The third kappa shape index (κ3) is 2.28. The maximum absolute atomic E-state index is 12.6. The van der Waals surface area contributed by atoms with Gasteiger partial charge < -0.3 is 9.47 Å². The maximum Gasteiger partial charge on any atom is 0.312 e. The third-order valence-electron chi connectivity index (χ3n) is 5.90. The molecule has 20 heavy (non-hydrogen) atoms. The average Bonchev–Trinajstić information content (AvgIpc) is 2.99. The van der Waals surface area contributed by atoms with E-state index in [-0.39, 0.29) is 23.6 Å². The summed E-state index contributed by atoms with van der Waals surface area (Å²) >= 11 is 0. The number of esters is 1. The molecular weight excluding hydrogens is 252 g/mol. The predicted molar refractivity (Wildman–Crippen MR) is 79.5 cm³/mol. The zero-order valence-electron chi connectivity index (χ0n) is 13.9. The molecule has 0 amide bonds. The van der Waals surface area contributed by atoms with E-state index in [0.29, 0.717) is 0 Å². The van der Waals surface area contributed by atoms with Crippen LogP contribution in [0.4, 0.5) is 0 Å². The summed E-state index contributed by atoms with van der Waals surface area (Å²) < 4.78 is 12.2. The largest absolute Gasteiger partial charge is 0.455 e. The van der Waals surface area contributed by atoms with Crippen LogP contribution in [0.5, 0.6) is 0 Å². The molecule has 0 radical (unpaired) electrons. The monoisotopic (exact) mass is 282 g/mol. The summed E-state index contributed by atoms with van der Waals surface area (Å²) in [6.07, 6.45) is 5.14. The smallest absolute Gasteiger partial charge is 0.312 e. The van der Waals surface area contributed by atoms with Crippen LogP contribution >= 0.6 is 0 Å². The second-order valence-electron chi connectivity index (χ2n) is 7.78. The van der Waals surface area contributed by atoms with Gasteiger partial charge in [0.1, 0.15) is 5.60 Å². The van der Waals surface area contributed by atoms with Gasteiger partial charge in [0.05, 0.1) is 17.6 Å². The van der Waals surface area contributed by atoms with Crippen LogP contribution in [0.2, 0.25) is 0 Å². The summed E-state index contributed by atoms with van der Waals surface area (Å²) in [6.45, 7) is 12.6. The van der Waals surface area contributed by atoms with E-state index >= 15 is 0 Å². The van der Waals surface area contributed by atoms with Crippen molar-refractivity contribution in [2.24, 2.45) is 10.8 Å². The molecule has 2 saturated heterocycles. The lowest BCUT2D eigenvalue weighted by Gasteiger charge is -2.47. The Morgan fingerprint density at radius 3 is 2.25 bits per heavy atom. The Bertz CT molecular complexity index is 386. The topological polar surface area (TPSA) is 35.5 Å². The minimum absolute atomic E-state index is 0.0493. The number of rotatable bonds is 5. The lowest BCUT2D eigenvalue weighted by molar-refractivity contribution is -0.196. The molecule has 3 heteroatoms. The van der Waals surface area contributed by atoms with Crippen molar-refractivity contribution < 1.29 is 14.3 Å². The molecule has 2 aliphatic rings. The Labute approximate surface area is 123 Å². The molecule has 2 aliphatic heterocycles. The lowest BCUT2D eigenvalue weighted by Crippen LogP contribution is -2.56. The van der Waals surface area contributed by atoms with Crippen molar-refractivity contribution in [3.8, 4) is 0 Å². The highest BCUT2D eigenvalue weighted by molar-refractivity contribution is 5.76. The van der Waals surface area contributed by atoms with Crippen molar-refractivity contribution in [3.63, 3.8) is 0 Å². The second-order valence-corrected chi connectivity index (χ2v) is 7.78. The first kappa shape index (κ1) is 15.8. The molecular formula is C17H30O3. The van der Waals surface area contributed by atoms with E-state index in [1.807, 2.05) is 20.8 Å². The van der Waals surface area contributed by atoms with Crippen LogP contribution in [0.15, 0.2) is 0 Å². The molecule has 3 unspecified atom stereocenters. The van der Waals surface area contributed by atoms with Crippen LogP contribution in [-0.2, 0) is 14.3 Å². The molecule has 0 aromatic rings. The van der Waals surface area contributed by atoms with Crippen LogP contribution in [0.1, 0.15) is 73.6 Å². The fraction of sp³-hybridized carbons (Fsp3) is 0.941. The Morgan fingerprint density at radius 1 is 1.20 bits per heavy atom. The number of hydrogen-bond donors (Lipinski definition) is 0. The molecule has 2 rings (SSSR count). The van der Waals surface area contributed by atoms with Gasteiger partial charge in [-0.05, 0) is 39.5 Å². The predicted octanol–water partition coefficient (Wildman–Crippen LogP) is 4.09. The quantitative estimate of drug-likeness (QED) is 0.712. The van der Waals surface area contributed by atoms with Gasteiger partial charge in [0.15, 0.2) is 0 Å². The first-order chi connectivity index (χ1) is 9.18. The Kier molecular flexibility index (Phi) is 3.96. The molecule has 0 aromatic carbocycles. The zero-order chi connectivity index (χ0) is 15.2. The standard InChI is InChI=1S/C17H30O3/c1-7-15(3,4)14(18)20-17(16(5,6)8-2)11-12-9-10-13(17)19-12/h12-13H,7-11H2,1-6H3. The van der Waals surface area contributed by atoms with Gasteiger partial charge in [-0.1, -0.05) is 27.7 Å². The van der Waals surface area contributed by atoms with E-state index in [1.54, 1.807) is 0 Å². The van der Waals surface area contributed by atoms with Crippen LogP contribution < -0.4 is 0 Å². The van der Waals surface area contributed by atoms with Crippen molar-refractivity contribution >= 4 is 5.97 Å². The number of fused-ring (bicyclic) bond motifs is 2. The fourth-order valence-corrected chi connectivity index (χ4v) is 3.37. The molecule has 0 spiro atoms. The highest BCUT2D eigenvalue weighted by atomic mass is 16.6. The molecule has 2 bridgehead atoms. The normalized spacial score (nSPS) is 33.5. The van der Waals surface area contributed by atoms with Gasteiger partial charge in [-0.25, -0.2) is 0 Å². The fourth-order valence-electron chi connectivity index (χ4n) is 3.37. The van der Waals surface area contributed by atoms with E-state index in [1.165, 1.54) is 0 Å². The highest BCUT2D eigenvalue weighted by Crippen LogP contribution is 2.54. The molecule has 2 heterocycles. The number of carbonyl (C=O) groups is 1.